The van der Waals surface area contributed by atoms with E-state index in [0.717, 1.165) is 38.9 Å². The quantitative estimate of drug-likeness (QED) is 0.413. The number of ether oxygens (including phenoxy) is 3. The molecule has 0 rings (SSSR count). The summed E-state index contributed by atoms with van der Waals surface area (Å²) in [6, 6.07) is 0. The summed E-state index contributed by atoms with van der Waals surface area (Å²) in [6.45, 7) is 6.47. The molecule has 0 amide bonds. The molecule has 0 N–H and O–H groups in total. The van der Waals surface area contributed by atoms with E-state index in [4.69, 9.17) is 14.2 Å². The van der Waals surface area contributed by atoms with Crippen LogP contribution in [-0.4, -0.2) is 32.6 Å². The van der Waals surface area contributed by atoms with Crippen LogP contribution in [0.5, 0.6) is 0 Å². The lowest BCUT2D eigenvalue weighted by Crippen LogP contribution is -2.10. The Morgan fingerprint density at radius 1 is 0.824 bits per heavy atom. The van der Waals surface area contributed by atoms with Gasteiger partial charge in [0.2, 0.25) is 0 Å². The summed E-state index contributed by atoms with van der Waals surface area (Å²) < 4.78 is 15.0. The highest BCUT2D eigenvalue weighted by molar-refractivity contribution is 5.59. The third-order valence-electron chi connectivity index (χ3n) is 2.32. The molecule has 0 aromatic rings. The Bertz CT molecular complexity index is 171. The van der Waals surface area contributed by atoms with Gasteiger partial charge in [0.1, 0.15) is 0 Å². The summed E-state index contributed by atoms with van der Waals surface area (Å²) in [5.41, 5.74) is 0. The maximum atomic E-state index is 11.1. The zero-order valence-electron chi connectivity index (χ0n) is 11.2. The predicted molar refractivity (Wildman–Crippen MR) is 67.2 cm³/mol. The second-order valence-electron chi connectivity index (χ2n) is 3.91. The average molecular weight is 246 g/mol. The van der Waals surface area contributed by atoms with Gasteiger partial charge < -0.3 is 14.2 Å². The van der Waals surface area contributed by atoms with Crippen molar-refractivity contribution in [1.82, 2.24) is 0 Å². The highest BCUT2D eigenvalue weighted by Crippen LogP contribution is 2.00. The number of unbranched alkanes of at least 4 members (excludes halogenated alkanes) is 4. The Kier molecular flexibility index (Phi) is 12.7. The predicted octanol–water partition coefficient (Wildman–Crippen LogP) is 3.54. The van der Waals surface area contributed by atoms with Crippen LogP contribution in [0.3, 0.4) is 0 Å². The summed E-state index contributed by atoms with van der Waals surface area (Å²) >= 11 is 0. The van der Waals surface area contributed by atoms with Crippen molar-refractivity contribution in [3.05, 3.63) is 0 Å². The van der Waals surface area contributed by atoms with Crippen molar-refractivity contribution in [3.8, 4) is 0 Å². The average Bonchev–Trinajstić information content (AvgIpc) is 2.33. The lowest BCUT2D eigenvalue weighted by molar-refractivity contribution is 0.0505. The first-order chi connectivity index (χ1) is 8.31. The second-order valence-corrected chi connectivity index (χ2v) is 3.91. The maximum absolute atomic E-state index is 11.1. The molecule has 0 aliphatic heterocycles. The fourth-order valence-corrected chi connectivity index (χ4v) is 1.33. The molecule has 102 valence electrons. The summed E-state index contributed by atoms with van der Waals surface area (Å²) in [4.78, 5) is 11.1. The molecule has 0 spiro atoms. The fourth-order valence-electron chi connectivity index (χ4n) is 1.33. The van der Waals surface area contributed by atoms with Gasteiger partial charge in [0, 0.05) is 13.2 Å². The van der Waals surface area contributed by atoms with Gasteiger partial charge in [-0.1, -0.05) is 26.2 Å². The Morgan fingerprint density at radius 2 is 1.41 bits per heavy atom. The molecule has 17 heavy (non-hydrogen) atoms. The molecule has 0 bridgehead atoms. The molecule has 0 aliphatic carbocycles. The van der Waals surface area contributed by atoms with Crippen LogP contribution in [0.1, 0.15) is 52.4 Å². The van der Waals surface area contributed by atoms with E-state index in [0.29, 0.717) is 13.2 Å². The van der Waals surface area contributed by atoms with Crippen LogP contribution in [0.4, 0.5) is 4.79 Å². The Hall–Kier alpha value is -0.770. The number of carbonyl (C=O) groups excluding carboxylic acids is 1. The van der Waals surface area contributed by atoms with Gasteiger partial charge in [-0.25, -0.2) is 4.79 Å². The van der Waals surface area contributed by atoms with Crippen LogP contribution in [0.25, 0.3) is 0 Å². The van der Waals surface area contributed by atoms with Crippen LogP contribution in [0.15, 0.2) is 0 Å². The van der Waals surface area contributed by atoms with Crippen LogP contribution in [0.2, 0.25) is 0 Å². The molecule has 0 saturated heterocycles. The number of hydrogen-bond acceptors (Lipinski definition) is 4. The standard InChI is InChI=1S/C13H26O4/c1-3-5-6-7-11-16-13(14)17-12-9-8-10-15-4-2/h3-12H2,1-2H3. The van der Waals surface area contributed by atoms with Crippen LogP contribution >= 0.6 is 0 Å². The molecule has 0 saturated carbocycles. The molecule has 4 heteroatoms. The molecule has 4 nitrogen and oxygen atoms in total. The smallest absolute Gasteiger partial charge is 0.434 e. The molecular formula is C13H26O4. The second kappa shape index (κ2) is 13.3. The minimum Gasteiger partial charge on any atom is -0.434 e. The number of hydrogen-bond donors (Lipinski definition) is 0. The van der Waals surface area contributed by atoms with Gasteiger partial charge in [-0.15, -0.1) is 0 Å². The van der Waals surface area contributed by atoms with E-state index >= 15 is 0 Å². The molecule has 0 radical (unpaired) electrons. The van der Waals surface area contributed by atoms with E-state index < -0.39 is 6.16 Å². The minimum absolute atomic E-state index is 0.418. The first-order valence-corrected chi connectivity index (χ1v) is 6.68. The van der Waals surface area contributed by atoms with Crippen molar-refractivity contribution in [2.75, 3.05) is 26.4 Å². The monoisotopic (exact) mass is 246 g/mol. The molecule has 0 atom stereocenters. The summed E-state index contributed by atoms with van der Waals surface area (Å²) in [6.07, 6.45) is 5.60. The van der Waals surface area contributed by atoms with E-state index in [9.17, 15) is 4.79 Å². The molecule has 0 aromatic carbocycles. The van der Waals surface area contributed by atoms with Gasteiger partial charge >= 0.3 is 6.16 Å². The van der Waals surface area contributed by atoms with Gasteiger partial charge in [0.25, 0.3) is 0 Å². The first-order valence-electron chi connectivity index (χ1n) is 6.68. The molecule has 0 aliphatic rings. The lowest BCUT2D eigenvalue weighted by Gasteiger charge is -2.06. The van der Waals surface area contributed by atoms with Crippen LogP contribution < -0.4 is 0 Å². The van der Waals surface area contributed by atoms with E-state index in [1.807, 2.05) is 6.92 Å². The Morgan fingerprint density at radius 3 is 2.00 bits per heavy atom. The molecule has 0 aromatic heterocycles. The topological polar surface area (TPSA) is 44.8 Å². The van der Waals surface area contributed by atoms with Crippen molar-refractivity contribution in [2.45, 2.75) is 52.4 Å². The molecular weight excluding hydrogens is 220 g/mol. The highest BCUT2D eigenvalue weighted by Gasteiger charge is 2.02. The van der Waals surface area contributed by atoms with E-state index in [1.165, 1.54) is 12.8 Å². The van der Waals surface area contributed by atoms with E-state index in [2.05, 4.69) is 6.92 Å². The zero-order valence-corrected chi connectivity index (χ0v) is 11.2. The highest BCUT2D eigenvalue weighted by atomic mass is 16.7. The van der Waals surface area contributed by atoms with Gasteiger partial charge in [-0.05, 0) is 26.2 Å². The fraction of sp³-hybridized carbons (Fsp3) is 0.923. The first kappa shape index (κ1) is 16.2. The van der Waals surface area contributed by atoms with Crippen LogP contribution in [0, 0.1) is 0 Å². The van der Waals surface area contributed by atoms with Gasteiger partial charge in [-0.2, -0.15) is 0 Å². The zero-order chi connectivity index (χ0) is 12.8. The van der Waals surface area contributed by atoms with E-state index in [1.54, 1.807) is 0 Å². The van der Waals surface area contributed by atoms with Crippen molar-refractivity contribution in [1.29, 1.82) is 0 Å². The normalized spacial score (nSPS) is 10.2. The van der Waals surface area contributed by atoms with E-state index in [-0.39, 0.29) is 0 Å². The number of rotatable bonds is 11. The maximum Gasteiger partial charge on any atom is 0.508 e. The van der Waals surface area contributed by atoms with Gasteiger partial charge in [-0.3, -0.25) is 0 Å². The van der Waals surface area contributed by atoms with Crippen molar-refractivity contribution < 1.29 is 19.0 Å². The molecule has 0 fully saturated rings. The molecule has 0 unspecified atom stereocenters. The van der Waals surface area contributed by atoms with Crippen LogP contribution in [-0.2, 0) is 14.2 Å². The SMILES string of the molecule is CCCCCCOC(=O)OCCCCOCC. The summed E-state index contributed by atoms with van der Waals surface area (Å²) in [5, 5.41) is 0. The van der Waals surface area contributed by atoms with Crippen molar-refractivity contribution in [3.63, 3.8) is 0 Å². The van der Waals surface area contributed by atoms with Gasteiger partial charge in [0.05, 0.1) is 13.2 Å². The third-order valence-corrected chi connectivity index (χ3v) is 2.32. The Labute approximate surface area is 105 Å². The third kappa shape index (κ3) is 13.2. The summed E-state index contributed by atoms with van der Waals surface area (Å²) in [7, 11) is 0. The summed E-state index contributed by atoms with van der Waals surface area (Å²) in [5.74, 6) is 0. The van der Waals surface area contributed by atoms with Crippen molar-refractivity contribution in [2.24, 2.45) is 0 Å². The lowest BCUT2D eigenvalue weighted by atomic mass is 10.2. The minimum atomic E-state index is -0.544. The molecule has 0 heterocycles. The van der Waals surface area contributed by atoms with Crippen molar-refractivity contribution >= 4 is 6.16 Å². The Balaban J connectivity index is 3.12. The largest absolute Gasteiger partial charge is 0.508 e. The number of carbonyl (C=O) groups is 1. The van der Waals surface area contributed by atoms with Gasteiger partial charge in [0.15, 0.2) is 0 Å².